The zero-order valence-corrected chi connectivity index (χ0v) is 23.4. The molecule has 2 aromatic carbocycles. The van der Waals surface area contributed by atoms with Crippen molar-refractivity contribution in [1.82, 2.24) is 9.47 Å². The van der Waals surface area contributed by atoms with E-state index in [4.69, 9.17) is 16.3 Å². The number of hydrogen-bond donors (Lipinski definition) is 0. The van der Waals surface area contributed by atoms with Crippen molar-refractivity contribution >= 4 is 34.2 Å². The molecule has 3 aromatic rings. The highest BCUT2D eigenvalue weighted by Crippen LogP contribution is 2.47. The third kappa shape index (κ3) is 4.96. The van der Waals surface area contributed by atoms with Crippen LogP contribution in [0.15, 0.2) is 36.4 Å². The van der Waals surface area contributed by atoms with E-state index in [1.165, 1.54) is 99.5 Å². The normalized spacial score (nSPS) is 19.1. The van der Waals surface area contributed by atoms with E-state index in [0.717, 1.165) is 43.1 Å². The van der Waals surface area contributed by atoms with Crippen LogP contribution in [0.5, 0.6) is 0 Å². The van der Waals surface area contributed by atoms with E-state index in [0.29, 0.717) is 11.5 Å². The Bertz CT molecular complexity index is 1300. The molecular weight excluding hydrogens is 494 g/mol. The summed E-state index contributed by atoms with van der Waals surface area (Å²) in [7, 11) is 1.46. The first kappa shape index (κ1) is 25.8. The number of esters is 1. The van der Waals surface area contributed by atoms with Gasteiger partial charge >= 0.3 is 5.97 Å². The maximum absolute atomic E-state index is 12.5. The quantitative estimate of drug-likeness (QED) is 0.318. The molecule has 3 heterocycles. The van der Waals surface area contributed by atoms with Gasteiger partial charge in [-0.25, -0.2) is 4.79 Å². The minimum Gasteiger partial charge on any atom is -0.465 e. The fourth-order valence-corrected chi connectivity index (χ4v) is 7.30. The highest BCUT2D eigenvalue weighted by Gasteiger charge is 2.30. The van der Waals surface area contributed by atoms with Gasteiger partial charge in [0.2, 0.25) is 0 Å². The van der Waals surface area contributed by atoms with Gasteiger partial charge in [-0.15, -0.1) is 0 Å². The molecule has 0 atom stereocenters. The highest BCUT2D eigenvalue weighted by atomic mass is 35.5. The van der Waals surface area contributed by atoms with Gasteiger partial charge < -0.3 is 19.1 Å². The SMILES string of the molecule is COC(=O)c1ccc2c(C3CCCCC3)c3n(c2c1)CCCN(CCN1CCCCC1)c1cc(Cl)ccc1-3. The monoisotopic (exact) mass is 533 g/mol. The number of piperidine rings is 1. The fourth-order valence-electron chi connectivity index (χ4n) is 7.13. The van der Waals surface area contributed by atoms with Crippen LogP contribution in [0.4, 0.5) is 5.69 Å². The molecule has 0 radical (unpaired) electrons. The summed E-state index contributed by atoms with van der Waals surface area (Å²) < 4.78 is 7.58. The third-order valence-corrected chi connectivity index (χ3v) is 9.27. The lowest BCUT2D eigenvalue weighted by Gasteiger charge is -2.34. The predicted molar refractivity (Wildman–Crippen MR) is 157 cm³/mol. The number of carbonyl (C=O) groups is 1. The molecule has 0 unspecified atom stereocenters. The van der Waals surface area contributed by atoms with Crippen molar-refractivity contribution in [2.75, 3.05) is 44.7 Å². The Morgan fingerprint density at radius 1 is 0.895 bits per heavy atom. The summed E-state index contributed by atoms with van der Waals surface area (Å²) in [6.07, 6.45) is 11.4. The average Bonchev–Trinajstić information content (AvgIpc) is 3.27. The molecule has 1 saturated carbocycles. The summed E-state index contributed by atoms with van der Waals surface area (Å²) in [5, 5.41) is 2.09. The lowest BCUT2D eigenvalue weighted by Crippen LogP contribution is -2.39. The number of fused-ring (bicyclic) bond motifs is 5. The average molecular weight is 534 g/mol. The lowest BCUT2D eigenvalue weighted by atomic mass is 9.81. The lowest BCUT2D eigenvalue weighted by molar-refractivity contribution is 0.0601. The Hall–Kier alpha value is -2.50. The van der Waals surface area contributed by atoms with Crippen molar-refractivity contribution in [2.45, 2.75) is 70.3 Å². The van der Waals surface area contributed by atoms with E-state index in [9.17, 15) is 4.79 Å². The molecule has 202 valence electrons. The number of benzene rings is 2. The largest absolute Gasteiger partial charge is 0.465 e. The van der Waals surface area contributed by atoms with E-state index >= 15 is 0 Å². The van der Waals surface area contributed by atoms with Gasteiger partial charge in [0.05, 0.1) is 18.4 Å². The number of aromatic nitrogens is 1. The number of aryl methyl sites for hydroxylation is 1. The number of likely N-dealkylation sites (tertiary alicyclic amines) is 1. The number of rotatable bonds is 5. The smallest absolute Gasteiger partial charge is 0.337 e. The second kappa shape index (κ2) is 11.3. The molecule has 0 N–H and O–H groups in total. The zero-order valence-electron chi connectivity index (χ0n) is 22.7. The van der Waals surface area contributed by atoms with Gasteiger partial charge in [0.1, 0.15) is 0 Å². The molecule has 1 aromatic heterocycles. The molecule has 1 aliphatic carbocycles. The van der Waals surface area contributed by atoms with Crippen molar-refractivity contribution in [1.29, 1.82) is 0 Å². The van der Waals surface area contributed by atoms with Crippen LogP contribution in [-0.2, 0) is 11.3 Å². The van der Waals surface area contributed by atoms with Crippen molar-refractivity contribution in [3.05, 3.63) is 52.5 Å². The first-order valence-corrected chi connectivity index (χ1v) is 15.0. The van der Waals surface area contributed by atoms with Crippen LogP contribution in [-0.4, -0.2) is 55.3 Å². The molecule has 0 bridgehead atoms. The molecule has 6 rings (SSSR count). The molecule has 1 saturated heterocycles. The Labute approximate surface area is 231 Å². The summed E-state index contributed by atoms with van der Waals surface area (Å²) in [4.78, 5) is 17.7. The van der Waals surface area contributed by atoms with Gasteiger partial charge in [0.15, 0.2) is 0 Å². The predicted octanol–water partition coefficient (Wildman–Crippen LogP) is 7.49. The second-order valence-electron chi connectivity index (χ2n) is 11.4. The second-order valence-corrected chi connectivity index (χ2v) is 11.8. The molecule has 3 aliphatic rings. The first-order valence-electron chi connectivity index (χ1n) is 14.7. The molecule has 5 nitrogen and oxygen atoms in total. The third-order valence-electron chi connectivity index (χ3n) is 9.04. The summed E-state index contributed by atoms with van der Waals surface area (Å²) in [6, 6.07) is 12.7. The molecule has 2 fully saturated rings. The Morgan fingerprint density at radius 2 is 1.68 bits per heavy atom. The van der Waals surface area contributed by atoms with E-state index < -0.39 is 0 Å². The van der Waals surface area contributed by atoms with Crippen molar-refractivity contribution in [2.24, 2.45) is 0 Å². The standard InChI is InChI=1S/C32H40ClN3O2/c1-38-32(37)24-11-13-26-29(21-24)36-18-8-17-35(20-19-34-15-6-3-7-16-34)28-22-25(33)12-14-27(28)31(36)30(26)23-9-4-2-5-10-23/h11-14,21-23H,2-10,15-20H2,1H3. The summed E-state index contributed by atoms with van der Waals surface area (Å²) in [5.41, 5.74) is 7.12. The van der Waals surface area contributed by atoms with Gasteiger partial charge in [0.25, 0.3) is 0 Å². The van der Waals surface area contributed by atoms with Gasteiger partial charge in [0, 0.05) is 53.4 Å². The Morgan fingerprint density at radius 3 is 2.47 bits per heavy atom. The number of carbonyl (C=O) groups excluding carboxylic acids is 1. The minimum atomic E-state index is -0.274. The van der Waals surface area contributed by atoms with Gasteiger partial charge in [-0.1, -0.05) is 43.4 Å². The zero-order chi connectivity index (χ0) is 26.1. The topological polar surface area (TPSA) is 37.7 Å². The number of methoxy groups -OCH3 is 1. The van der Waals surface area contributed by atoms with Crippen molar-refractivity contribution < 1.29 is 9.53 Å². The molecule has 38 heavy (non-hydrogen) atoms. The van der Waals surface area contributed by atoms with E-state index in [1.807, 2.05) is 6.07 Å². The molecule has 0 spiro atoms. The minimum absolute atomic E-state index is 0.274. The molecule has 2 aliphatic heterocycles. The number of hydrogen-bond acceptors (Lipinski definition) is 4. The Kier molecular flexibility index (Phi) is 7.67. The van der Waals surface area contributed by atoms with Crippen LogP contribution in [0.1, 0.15) is 79.6 Å². The van der Waals surface area contributed by atoms with E-state index in [2.05, 4.69) is 44.7 Å². The maximum atomic E-state index is 12.5. The van der Waals surface area contributed by atoms with Gasteiger partial charge in [-0.05, 0) is 87.0 Å². The summed E-state index contributed by atoms with van der Waals surface area (Å²) in [5.74, 6) is 0.264. The molecular formula is C32H40ClN3O2. The number of ether oxygens (including phenoxy) is 1. The number of anilines is 1. The number of halogens is 1. The number of nitrogens with zero attached hydrogens (tertiary/aromatic N) is 3. The van der Waals surface area contributed by atoms with Crippen LogP contribution in [0, 0.1) is 0 Å². The summed E-state index contributed by atoms with van der Waals surface area (Å²) >= 11 is 6.66. The fraction of sp³-hybridized carbons (Fsp3) is 0.531. The van der Waals surface area contributed by atoms with Gasteiger partial charge in [-0.3, -0.25) is 0 Å². The van der Waals surface area contributed by atoms with Crippen LogP contribution < -0.4 is 4.90 Å². The van der Waals surface area contributed by atoms with Gasteiger partial charge in [-0.2, -0.15) is 0 Å². The van der Waals surface area contributed by atoms with Crippen molar-refractivity contribution in [3.8, 4) is 11.3 Å². The highest BCUT2D eigenvalue weighted by molar-refractivity contribution is 6.31. The first-order chi connectivity index (χ1) is 18.6. The van der Waals surface area contributed by atoms with Crippen LogP contribution in [0.2, 0.25) is 5.02 Å². The van der Waals surface area contributed by atoms with E-state index in [-0.39, 0.29) is 5.97 Å². The summed E-state index contributed by atoms with van der Waals surface area (Å²) in [6.45, 7) is 6.50. The molecule has 6 heteroatoms. The molecule has 0 amide bonds. The maximum Gasteiger partial charge on any atom is 0.337 e. The van der Waals surface area contributed by atoms with Crippen LogP contribution >= 0.6 is 11.6 Å². The van der Waals surface area contributed by atoms with Crippen molar-refractivity contribution in [3.63, 3.8) is 0 Å². The van der Waals surface area contributed by atoms with Crippen LogP contribution in [0.25, 0.3) is 22.2 Å². The van der Waals surface area contributed by atoms with Crippen LogP contribution in [0.3, 0.4) is 0 Å². The Balaban J connectivity index is 1.49. The van der Waals surface area contributed by atoms with E-state index in [1.54, 1.807) is 0 Å².